The third-order valence-electron chi connectivity index (χ3n) is 4.02. The normalized spacial score (nSPS) is 25.9. The molecular weight excluding hydrogens is 330 g/mol. The lowest BCUT2D eigenvalue weighted by molar-refractivity contribution is -0.0545. The Morgan fingerprint density at radius 2 is 1.92 bits per heavy atom. The monoisotopic (exact) mass is 347 g/mol. The Morgan fingerprint density at radius 1 is 1.24 bits per heavy atom. The first kappa shape index (κ1) is 17.2. The maximum Gasteiger partial charge on any atom is 0.284 e. The van der Waals surface area contributed by atoms with Gasteiger partial charge in [-0.15, -0.1) is 0 Å². The number of primary amides is 1. The zero-order valence-electron chi connectivity index (χ0n) is 13.0. The number of amides is 1. The highest BCUT2D eigenvalue weighted by Crippen LogP contribution is 2.29. The molecule has 1 amide bonds. The predicted octanol–water partition coefficient (Wildman–Crippen LogP) is -1.38. The van der Waals surface area contributed by atoms with E-state index in [1.165, 1.54) is 6.20 Å². The molecule has 0 saturated carbocycles. The number of aliphatic hydroxyl groups is 3. The van der Waals surface area contributed by atoms with Crippen molar-refractivity contribution in [2.45, 2.75) is 24.5 Å². The molecule has 3 rings (SSSR count). The van der Waals surface area contributed by atoms with Gasteiger partial charge in [0.05, 0.1) is 12.3 Å². The van der Waals surface area contributed by atoms with Crippen molar-refractivity contribution in [3.8, 4) is 11.3 Å². The van der Waals surface area contributed by atoms with Crippen molar-refractivity contribution in [3.05, 3.63) is 52.6 Å². The highest BCUT2D eigenvalue weighted by Gasteiger charge is 2.44. The van der Waals surface area contributed by atoms with Gasteiger partial charge in [0.15, 0.2) is 11.9 Å². The van der Waals surface area contributed by atoms with Crippen LogP contribution in [0.2, 0.25) is 0 Å². The van der Waals surface area contributed by atoms with E-state index in [-0.39, 0.29) is 5.69 Å². The van der Waals surface area contributed by atoms with Crippen molar-refractivity contribution >= 4 is 5.91 Å². The molecule has 0 bridgehead atoms. The van der Waals surface area contributed by atoms with Crippen LogP contribution in [-0.4, -0.2) is 55.7 Å². The summed E-state index contributed by atoms with van der Waals surface area (Å²) in [5.41, 5.74) is 4.75. The molecule has 1 aromatic heterocycles. The standard InChI is InChI=1S/C16H17N3O6/c17-14(23)11-15(24)19(16-13(22)12(21)10(7-20)25-16)6-9(18-11)8-4-2-1-3-5-8/h1-6,10,12-13,16,20-22H,7H2,(H2,17,23)/t10?,12-,13-,16-/m1/s1. The number of hydrogen-bond donors (Lipinski definition) is 4. The van der Waals surface area contributed by atoms with E-state index in [1.807, 2.05) is 0 Å². The van der Waals surface area contributed by atoms with Crippen LogP contribution in [0.1, 0.15) is 16.7 Å². The van der Waals surface area contributed by atoms with E-state index in [2.05, 4.69) is 4.98 Å². The van der Waals surface area contributed by atoms with Gasteiger partial charge in [0.1, 0.15) is 18.3 Å². The van der Waals surface area contributed by atoms with E-state index >= 15 is 0 Å². The Hall–Kier alpha value is -2.59. The molecule has 5 N–H and O–H groups in total. The van der Waals surface area contributed by atoms with Crippen LogP contribution in [0, 0.1) is 0 Å². The second-order valence-corrected chi connectivity index (χ2v) is 5.65. The number of carbonyl (C=O) groups is 1. The maximum absolute atomic E-state index is 12.5. The van der Waals surface area contributed by atoms with E-state index in [0.717, 1.165) is 4.57 Å². The van der Waals surface area contributed by atoms with E-state index in [9.17, 15) is 24.9 Å². The van der Waals surface area contributed by atoms with Crippen LogP contribution in [0.15, 0.2) is 41.3 Å². The Labute approximate surface area is 141 Å². The van der Waals surface area contributed by atoms with Gasteiger partial charge in [-0.25, -0.2) is 4.98 Å². The number of benzene rings is 1. The second kappa shape index (κ2) is 6.73. The number of nitrogens with zero attached hydrogens (tertiary/aromatic N) is 2. The van der Waals surface area contributed by atoms with Crippen LogP contribution in [-0.2, 0) is 4.74 Å². The number of rotatable bonds is 4. The molecule has 132 valence electrons. The van der Waals surface area contributed by atoms with Crippen molar-refractivity contribution in [1.29, 1.82) is 0 Å². The maximum atomic E-state index is 12.5. The molecule has 1 aromatic carbocycles. The Balaban J connectivity index is 2.15. The number of ether oxygens (including phenoxy) is 1. The molecule has 1 unspecified atom stereocenters. The summed E-state index contributed by atoms with van der Waals surface area (Å²) in [5, 5.41) is 29.2. The third-order valence-corrected chi connectivity index (χ3v) is 4.02. The molecule has 9 heteroatoms. The van der Waals surface area contributed by atoms with Crippen LogP contribution in [0.5, 0.6) is 0 Å². The molecule has 0 aliphatic carbocycles. The van der Waals surface area contributed by atoms with Gasteiger partial charge in [-0.2, -0.15) is 0 Å². The first-order valence-corrected chi connectivity index (χ1v) is 7.55. The lowest BCUT2D eigenvalue weighted by atomic mass is 10.1. The summed E-state index contributed by atoms with van der Waals surface area (Å²) in [5.74, 6) is -1.02. The second-order valence-electron chi connectivity index (χ2n) is 5.65. The number of carbonyl (C=O) groups excluding carboxylic acids is 1. The summed E-state index contributed by atoms with van der Waals surface area (Å²) < 4.78 is 6.32. The molecule has 1 fully saturated rings. The summed E-state index contributed by atoms with van der Waals surface area (Å²) in [6.45, 7) is -0.539. The van der Waals surface area contributed by atoms with Crippen molar-refractivity contribution in [2.75, 3.05) is 6.61 Å². The van der Waals surface area contributed by atoms with Gasteiger partial charge in [-0.3, -0.25) is 14.2 Å². The third kappa shape index (κ3) is 3.05. The molecule has 1 aliphatic heterocycles. The van der Waals surface area contributed by atoms with Crippen LogP contribution >= 0.6 is 0 Å². The summed E-state index contributed by atoms with van der Waals surface area (Å²) >= 11 is 0. The SMILES string of the molecule is NC(=O)c1nc(-c2ccccc2)cn([C@@H]2OC(CO)[C@@H](O)[C@H]2O)c1=O. The molecule has 1 saturated heterocycles. The van der Waals surface area contributed by atoms with Crippen LogP contribution in [0.25, 0.3) is 11.3 Å². The van der Waals surface area contributed by atoms with Crippen molar-refractivity contribution in [2.24, 2.45) is 5.73 Å². The highest BCUT2D eigenvalue weighted by atomic mass is 16.6. The lowest BCUT2D eigenvalue weighted by Gasteiger charge is -2.19. The number of hydrogen-bond acceptors (Lipinski definition) is 7. The molecular formula is C16H17N3O6. The molecule has 2 aromatic rings. The van der Waals surface area contributed by atoms with E-state index in [0.29, 0.717) is 5.56 Å². The zero-order chi connectivity index (χ0) is 18.1. The fraction of sp³-hybridized carbons (Fsp3) is 0.312. The van der Waals surface area contributed by atoms with E-state index in [4.69, 9.17) is 10.5 Å². The van der Waals surface area contributed by atoms with Crippen LogP contribution < -0.4 is 11.3 Å². The zero-order valence-corrected chi connectivity index (χ0v) is 13.0. The summed E-state index contributed by atoms with van der Waals surface area (Å²) in [6.07, 6.45) is -3.89. The topological polar surface area (TPSA) is 148 Å². The molecule has 2 heterocycles. The first-order chi connectivity index (χ1) is 11.9. The fourth-order valence-electron chi connectivity index (χ4n) is 2.72. The van der Waals surface area contributed by atoms with Gasteiger partial charge < -0.3 is 25.8 Å². The summed E-state index contributed by atoms with van der Waals surface area (Å²) in [4.78, 5) is 28.1. The summed E-state index contributed by atoms with van der Waals surface area (Å²) in [6, 6.07) is 8.74. The van der Waals surface area contributed by atoms with Gasteiger partial charge in [0.2, 0.25) is 0 Å². The molecule has 4 atom stereocenters. The molecule has 25 heavy (non-hydrogen) atoms. The minimum Gasteiger partial charge on any atom is -0.394 e. The number of aliphatic hydroxyl groups excluding tert-OH is 3. The first-order valence-electron chi connectivity index (χ1n) is 7.55. The minimum absolute atomic E-state index is 0.270. The van der Waals surface area contributed by atoms with Gasteiger partial charge >= 0.3 is 0 Å². The minimum atomic E-state index is -1.47. The van der Waals surface area contributed by atoms with Crippen LogP contribution in [0.4, 0.5) is 0 Å². The van der Waals surface area contributed by atoms with Gasteiger partial charge in [0, 0.05) is 11.8 Å². The fourth-order valence-corrected chi connectivity index (χ4v) is 2.72. The molecule has 1 aliphatic rings. The number of nitrogens with two attached hydrogens (primary N) is 1. The van der Waals surface area contributed by atoms with E-state index in [1.54, 1.807) is 30.3 Å². The molecule has 0 radical (unpaired) electrons. The molecule has 9 nitrogen and oxygen atoms in total. The van der Waals surface area contributed by atoms with Crippen molar-refractivity contribution < 1.29 is 24.9 Å². The largest absolute Gasteiger partial charge is 0.394 e. The Bertz CT molecular complexity index is 838. The van der Waals surface area contributed by atoms with Crippen molar-refractivity contribution in [3.63, 3.8) is 0 Å². The Morgan fingerprint density at radius 3 is 2.48 bits per heavy atom. The summed E-state index contributed by atoms with van der Waals surface area (Å²) in [7, 11) is 0. The molecule has 0 spiro atoms. The van der Waals surface area contributed by atoms with Crippen LogP contribution in [0.3, 0.4) is 0 Å². The van der Waals surface area contributed by atoms with Gasteiger partial charge in [-0.05, 0) is 0 Å². The lowest BCUT2D eigenvalue weighted by Crippen LogP contribution is -2.38. The predicted molar refractivity (Wildman–Crippen MR) is 85.5 cm³/mol. The smallest absolute Gasteiger partial charge is 0.284 e. The highest BCUT2D eigenvalue weighted by molar-refractivity contribution is 5.90. The van der Waals surface area contributed by atoms with Crippen molar-refractivity contribution in [1.82, 2.24) is 9.55 Å². The van der Waals surface area contributed by atoms with Gasteiger partial charge in [-0.1, -0.05) is 30.3 Å². The van der Waals surface area contributed by atoms with E-state index < -0.39 is 48.3 Å². The number of aromatic nitrogens is 2. The van der Waals surface area contributed by atoms with Gasteiger partial charge in [0.25, 0.3) is 11.5 Å². The Kier molecular flexibility index (Phi) is 4.64. The average molecular weight is 347 g/mol. The quantitative estimate of drug-likeness (QED) is 0.533. The average Bonchev–Trinajstić information content (AvgIpc) is 2.90.